The number of methoxy groups -OCH3 is 2. The molecule has 0 saturated carbocycles. The number of amides is 1. The van der Waals surface area contributed by atoms with Crippen LogP contribution in [0.5, 0.6) is 11.5 Å². The highest BCUT2D eigenvalue weighted by molar-refractivity contribution is 5.83. The molecule has 0 spiro atoms. The van der Waals surface area contributed by atoms with Crippen LogP contribution in [0.2, 0.25) is 0 Å². The number of carbonyl (C=O) groups is 1. The van der Waals surface area contributed by atoms with Gasteiger partial charge in [0.05, 0.1) is 14.2 Å². The first kappa shape index (κ1) is 20.3. The van der Waals surface area contributed by atoms with Gasteiger partial charge in [0.2, 0.25) is 5.91 Å². The number of rotatable bonds is 9. The second kappa shape index (κ2) is 10.2. The SMILES string of the molecule is COc1ccc(C(NCc2ccncc2)C(=O)NCc2cccnc2)cc1OC. The number of carbonyl (C=O) groups excluding carboxylic acids is 1. The average Bonchev–Trinajstić information content (AvgIpc) is 2.79. The molecule has 150 valence electrons. The number of pyridine rings is 2. The number of aromatic nitrogens is 2. The summed E-state index contributed by atoms with van der Waals surface area (Å²) in [6.45, 7) is 0.912. The Balaban J connectivity index is 1.79. The summed E-state index contributed by atoms with van der Waals surface area (Å²) in [7, 11) is 3.15. The van der Waals surface area contributed by atoms with Crippen LogP contribution in [-0.2, 0) is 17.9 Å². The van der Waals surface area contributed by atoms with E-state index in [1.807, 2.05) is 36.4 Å². The maximum absolute atomic E-state index is 13.0. The van der Waals surface area contributed by atoms with Crippen LogP contribution in [0.1, 0.15) is 22.7 Å². The van der Waals surface area contributed by atoms with Gasteiger partial charge in [-0.05, 0) is 47.0 Å². The third-order valence-electron chi connectivity index (χ3n) is 4.45. The highest BCUT2D eigenvalue weighted by Gasteiger charge is 2.21. The molecule has 29 heavy (non-hydrogen) atoms. The summed E-state index contributed by atoms with van der Waals surface area (Å²) < 4.78 is 10.7. The monoisotopic (exact) mass is 392 g/mol. The topological polar surface area (TPSA) is 85.4 Å². The van der Waals surface area contributed by atoms with Gasteiger partial charge in [0.1, 0.15) is 6.04 Å². The van der Waals surface area contributed by atoms with Gasteiger partial charge in [-0.3, -0.25) is 20.1 Å². The molecule has 3 aromatic rings. The number of nitrogens with one attached hydrogen (secondary N) is 2. The summed E-state index contributed by atoms with van der Waals surface area (Å²) >= 11 is 0. The van der Waals surface area contributed by atoms with E-state index in [1.54, 1.807) is 45.1 Å². The molecule has 2 N–H and O–H groups in total. The van der Waals surface area contributed by atoms with Crippen LogP contribution in [0.4, 0.5) is 0 Å². The zero-order valence-electron chi connectivity index (χ0n) is 16.5. The Morgan fingerprint density at radius 2 is 1.72 bits per heavy atom. The first-order valence-electron chi connectivity index (χ1n) is 9.22. The van der Waals surface area contributed by atoms with Crippen LogP contribution in [0.25, 0.3) is 0 Å². The lowest BCUT2D eigenvalue weighted by Gasteiger charge is -2.20. The lowest BCUT2D eigenvalue weighted by molar-refractivity contribution is -0.123. The predicted octanol–water partition coefficient (Wildman–Crippen LogP) is 2.64. The molecule has 0 aliphatic rings. The quantitative estimate of drug-likeness (QED) is 0.582. The fourth-order valence-electron chi connectivity index (χ4n) is 2.91. The Morgan fingerprint density at radius 3 is 2.41 bits per heavy atom. The van der Waals surface area contributed by atoms with Crippen LogP contribution in [0, 0.1) is 0 Å². The first-order valence-corrected chi connectivity index (χ1v) is 9.22. The van der Waals surface area contributed by atoms with Crippen molar-refractivity contribution in [3.63, 3.8) is 0 Å². The van der Waals surface area contributed by atoms with Crippen LogP contribution in [0.3, 0.4) is 0 Å². The summed E-state index contributed by atoms with van der Waals surface area (Å²) in [5, 5.41) is 6.30. The van der Waals surface area contributed by atoms with Gasteiger partial charge < -0.3 is 14.8 Å². The van der Waals surface area contributed by atoms with E-state index in [9.17, 15) is 4.79 Å². The van der Waals surface area contributed by atoms with Gasteiger partial charge in [0.25, 0.3) is 0 Å². The summed E-state index contributed by atoms with van der Waals surface area (Å²) in [4.78, 5) is 21.1. The highest BCUT2D eigenvalue weighted by Crippen LogP contribution is 2.30. The van der Waals surface area contributed by atoms with Crippen LogP contribution in [-0.4, -0.2) is 30.1 Å². The third kappa shape index (κ3) is 5.52. The van der Waals surface area contributed by atoms with Gasteiger partial charge >= 0.3 is 0 Å². The van der Waals surface area contributed by atoms with E-state index in [0.29, 0.717) is 24.6 Å². The molecule has 0 aliphatic carbocycles. The van der Waals surface area contributed by atoms with Gasteiger partial charge in [0.15, 0.2) is 11.5 Å². The second-order valence-corrected chi connectivity index (χ2v) is 6.36. The van der Waals surface area contributed by atoms with Crippen molar-refractivity contribution in [3.8, 4) is 11.5 Å². The molecular formula is C22H24N4O3. The maximum Gasteiger partial charge on any atom is 0.242 e. The van der Waals surface area contributed by atoms with Crippen molar-refractivity contribution in [3.05, 3.63) is 83.9 Å². The Hall–Kier alpha value is -3.45. The Morgan fingerprint density at radius 1 is 0.931 bits per heavy atom. The smallest absolute Gasteiger partial charge is 0.242 e. The van der Waals surface area contributed by atoms with Crippen molar-refractivity contribution in [1.29, 1.82) is 0 Å². The summed E-state index contributed by atoms with van der Waals surface area (Å²) in [5.74, 6) is 1.04. The number of nitrogens with zero attached hydrogens (tertiary/aromatic N) is 2. The van der Waals surface area contributed by atoms with Crippen LogP contribution >= 0.6 is 0 Å². The van der Waals surface area contributed by atoms with Gasteiger partial charge in [-0.15, -0.1) is 0 Å². The van der Waals surface area contributed by atoms with Crippen molar-refractivity contribution in [2.75, 3.05) is 14.2 Å². The molecule has 7 nitrogen and oxygen atoms in total. The fraction of sp³-hybridized carbons (Fsp3) is 0.227. The maximum atomic E-state index is 13.0. The second-order valence-electron chi connectivity index (χ2n) is 6.36. The van der Waals surface area contributed by atoms with E-state index in [-0.39, 0.29) is 5.91 Å². The van der Waals surface area contributed by atoms with Crippen LogP contribution in [0.15, 0.2) is 67.3 Å². The molecular weight excluding hydrogens is 368 g/mol. The van der Waals surface area contributed by atoms with Crippen LogP contribution < -0.4 is 20.1 Å². The van der Waals surface area contributed by atoms with E-state index in [2.05, 4.69) is 20.6 Å². The third-order valence-corrected chi connectivity index (χ3v) is 4.45. The first-order chi connectivity index (χ1) is 14.2. The molecule has 1 amide bonds. The summed E-state index contributed by atoms with van der Waals surface area (Å²) in [5.41, 5.74) is 2.74. The zero-order chi connectivity index (χ0) is 20.5. The molecule has 2 aromatic heterocycles. The van der Waals surface area contributed by atoms with E-state index < -0.39 is 6.04 Å². The Kier molecular flexibility index (Phi) is 7.13. The number of hydrogen-bond donors (Lipinski definition) is 2. The average molecular weight is 392 g/mol. The standard InChI is InChI=1S/C22H24N4O3/c1-28-19-6-5-18(12-20(19)29-2)21(25-14-16-7-10-23-11-8-16)22(27)26-15-17-4-3-9-24-13-17/h3-13,21,25H,14-15H2,1-2H3,(H,26,27). The van der Waals surface area contributed by atoms with Gasteiger partial charge in [-0.1, -0.05) is 12.1 Å². The Bertz CT molecular complexity index is 920. The summed E-state index contributed by atoms with van der Waals surface area (Å²) in [6.07, 6.45) is 6.89. The van der Waals surface area contributed by atoms with Gasteiger partial charge in [-0.2, -0.15) is 0 Å². The molecule has 0 bridgehead atoms. The van der Waals surface area contributed by atoms with Gasteiger partial charge in [0, 0.05) is 37.9 Å². The van der Waals surface area contributed by atoms with Crippen molar-refractivity contribution in [2.24, 2.45) is 0 Å². The molecule has 3 rings (SSSR count). The molecule has 0 radical (unpaired) electrons. The minimum absolute atomic E-state index is 0.143. The van der Waals surface area contributed by atoms with E-state index >= 15 is 0 Å². The normalized spacial score (nSPS) is 11.5. The number of benzene rings is 1. The number of hydrogen-bond acceptors (Lipinski definition) is 6. The van der Waals surface area contributed by atoms with Crippen molar-refractivity contribution in [2.45, 2.75) is 19.1 Å². The van der Waals surface area contributed by atoms with Crippen molar-refractivity contribution in [1.82, 2.24) is 20.6 Å². The lowest BCUT2D eigenvalue weighted by atomic mass is 10.0. The lowest BCUT2D eigenvalue weighted by Crippen LogP contribution is -2.37. The largest absolute Gasteiger partial charge is 0.493 e. The summed E-state index contributed by atoms with van der Waals surface area (Å²) in [6, 6.07) is 12.5. The van der Waals surface area contributed by atoms with E-state index in [1.165, 1.54) is 0 Å². The molecule has 7 heteroatoms. The molecule has 0 fully saturated rings. The minimum Gasteiger partial charge on any atom is -0.493 e. The minimum atomic E-state index is -0.570. The molecule has 1 atom stereocenters. The zero-order valence-corrected chi connectivity index (χ0v) is 16.5. The Labute approximate surface area is 170 Å². The fourth-order valence-corrected chi connectivity index (χ4v) is 2.91. The predicted molar refractivity (Wildman–Crippen MR) is 109 cm³/mol. The molecule has 1 aromatic carbocycles. The highest BCUT2D eigenvalue weighted by atomic mass is 16.5. The molecule has 0 aliphatic heterocycles. The van der Waals surface area contributed by atoms with Gasteiger partial charge in [-0.25, -0.2) is 0 Å². The van der Waals surface area contributed by atoms with Crippen molar-refractivity contribution >= 4 is 5.91 Å². The molecule has 1 unspecified atom stereocenters. The molecule has 0 saturated heterocycles. The van der Waals surface area contributed by atoms with E-state index in [0.717, 1.165) is 16.7 Å². The number of ether oxygens (including phenoxy) is 2. The molecule has 2 heterocycles. The van der Waals surface area contributed by atoms with Crippen molar-refractivity contribution < 1.29 is 14.3 Å². The van der Waals surface area contributed by atoms with E-state index in [4.69, 9.17) is 9.47 Å².